The molecule has 0 unspecified atom stereocenters. The van der Waals surface area contributed by atoms with E-state index in [2.05, 4.69) is 12.2 Å². The minimum atomic E-state index is -0.525. The number of nitrogens with zero attached hydrogens (tertiary/aromatic N) is 1. The first-order chi connectivity index (χ1) is 6.59. The van der Waals surface area contributed by atoms with Crippen LogP contribution in [0.25, 0.3) is 0 Å². The van der Waals surface area contributed by atoms with Crippen molar-refractivity contribution in [1.29, 1.82) is 0 Å². The minimum Gasteiger partial charge on any atom is -0.404 e. The molecule has 1 fully saturated rings. The van der Waals surface area contributed by atoms with Gasteiger partial charge in [-0.15, -0.1) is 0 Å². The molecule has 0 amide bonds. The molecule has 76 valence electrons. The molecular weight excluding hydrogens is 184 g/mol. The van der Waals surface area contributed by atoms with Crippen LogP contribution in [0.4, 0.5) is 5.88 Å². The molecule has 1 heterocycles. The number of hydrogen-bond acceptors (Lipinski definition) is 4. The average molecular weight is 196 g/mol. The Morgan fingerprint density at radius 3 is 2.86 bits per heavy atom. The first kappa shape index (κ1) is 9.21. The van der Waals surface area contributed by atoms with E-state index in [1.807, 2.05) is 0 Å². The molecule has 2 rings (SSSR count). The standard InChI is InChI=1S/C9H12N2O3/c1-9(4-5-9)10-6-7-2-3-8(14-7)11(12)13/h2-3,10H,4-6H2,1H3. The van der Waals surface area contributed by atoms with Gasteiger partial charge >= 0.3 is 5.88 Å². The highest BCUT2D eigenvalue weighted by molar-refractivity contribution is 5.18. The van der Waals surface area contributed by atoms with Gasteiger partial charge in [-0.2, -0.15) is 0 Å². The van der Waals surface area contributed by atoms with Gasteiger partial charge in [0.15, 0.2) is 0 Å². The highest BCUT2D eigenvalue weighted by Crippen LogP contribution is 2.34. The fourth-order valence-corrected chi connectivity index (χ4v) is 1.22. The van der Waals surface area contributed by atoms with E-state index in [0.29, 0.717) is 12.3 Å². The lowest BCUT2D eigenvalue weighted by Crippen LogP contribution is -2.26. The molecule has 1 saturated carbocycles. The number of nitro groups is 1. The zero-order valence-corrected chi connectivity index (χ0v) is 7.95. The van der Waals surface area contributed by atoms with Gasteiger partial charge < -0.3 is 9.73 Å². The van der Waals surface area contributed by atoms with Gasteiger partial charge in [-0.05, 0) is 25.8 Å². The molecule has 1 aliphatic rings. The van der Waals surface area contributed by atoms with Crippen molar-refractivity contribution in [3.8, 4) is 0 Å². The summed E-state index contributed by atoms with van der Waals surface area (Å²) in [5.74, 6) is 0.424. The maximum Gasteiger partial charge on any atom is 0.433 e. The van der Waals surface area contributed by atoms with Crippen molar-refractivity contribution in [1.82, 2.24) is 5.32 Å². The molecule has 0 atom stereocenters. The predicted molar refractivity (Wildman–Crippen MR) is 49.8 cm³/mol. The number of rotatable bonds is 4. The third-order valence-corrected chi connectivity index (χ3v) is 2.52. The summed E-state index contributed by atoms with van der Waals surface area (Å²) in [5, 5.41) is 13.6. The molecule has 0 spiro atoms. The molecule has 0 aromatic carbocycles. The minimum absolute atomic E-state index is 0.192. The smallest absolute Gasteiger partial charge is 0.404 e. The second-order valence-electron chi connectivity index (χ2n) is 3.91. The van der Waals surface area contributed by atoms with Gasteiger partial charge in [0.2, 0.25) is 0 Å². The number of nitrogens with one attached hydrogen (secondary N) is 1. The summed E-state index contributed by atoms with van der Waals surface area (Å²) in [6.45, 7) is 2.69. The largest absolute Gasteiger partial charge is 0.433 e. The fraction of sp³-hybridized carbons (Fsp3) is 0.556. The molecule has 1 aromatic rings. The van der Waals surface area contributed by atoms with Crippen LogP contribution < -0.4 is 5.32 Å². The summed E-state index contributed by atoms with van der Waals surface area (Å²) in [6, 6.07) is 3.02. The molecule has 0 aliphatic heterocycles. The first-order valence-corrected chi connectivity index (χ1v) is 4.57. The van der Waals surface area contributed by atoms with Crippen LogP contribution in [-0.2, 0) is 6.54 Å². The molecule has 1 aliphatic carbocycles. The highest BCUT2D eigenvalue weighted by Gasteiger charge is 2.36. The lowest BCUT2D eigenvalue weighted by Gasteiger charge is -2.08. The van der Waals surface area contributed by atoms with E-state index < -0.39 is 4.92 Å². The van der Waals surface area contributed by atoms with Gasteiger partial charge in [0.25, 0.3) is 0 Å². The first-order valence-electron chi connectivity index (χ1n) is 4.57. The molecule has 14 heavy (non-hydrogen) atoms. The van der Waals surface area contributed by atoms with Crippen molar-refractivity contribution in [2.75, 3.05) is 0 Å². The molecule has 0 bridgehead atoms. The lowest BCUT2D eigenvalue weighted by atomic mass is 10.3. The van der Waals surface area contributed by atoms with Crippen LogP contribution in [-0.4, -0.2) is 10.5 Å². The average Bonchev–Trinajstić information content (AvgIpc) is 2.68. The van der Waals surface area contributed by atoms with E-state index in [4.69, 9.17) is 4.42 Å². The molecule has 1 aromatic heterocycles. The van der Waals surface area contributed by atoms with Crippen LogP contribution in [0.1, 0.15) is 25.5 Å². The van der Waals surface area contributed by atoms with Crippen molar-refractivity contribution in [2.45, 2.75) is 31.8 Å². The van der Waals surface area contributed by atoms with E-state index in [0.717, 1.165) is 12.8 Å². The normalized spacial score (nSPS) is 18.1. The Morgan fingerprint density at radius 2 is 2.36 bits per heavy atom. The molecule has 0 saturated heterocycles. The summed E-state index contributed by atoms with van der Waals surface area (Å²) < 4.78 is 5.01. The third kappa shape index (κ3) is 1.93. The monoisotopic (exact) mass is 196 g/mol. The van der Waals surface area contributed by atoms with Crippen LogP contribution in [0.5, 0.6) is 0 Å². The van der Waals surface area contributed by atoms with Crippen LogP contribution >= 0.6 is 0 Å². The highest BCUT2D eigenvalue weighted by atomic mass is 16.6. The zero-order valence-electron chi connectivity index (χ0n) is 7.95. The van der Waals surface area contributed by atoms with Crippen molar-refractivity contribution in [3.63, 3.8) is 0 Å². The van der Waals surface area contributed by atoms with E-state index in [1.54, 1.807) is 6.07 Å². The Kier molecular flexibility index (Phi) is 2.03. The number of furan rings is 1. The molecular formula is C9H12N2O3. The Labute approximate surface area is 81.2 Å². The molecule has 1 N–H and O–H groups in total. The van der Waals surface area contributed by atoms with Gasteiger partial charge in [-0.1, -0.05) is 0 Å². The Hall–Kier alpha value is -1.36. The van der Waals surface area contributed by atoms with Gasteiger partial charge in [-0.25, -0.2) is 0 Å². The van der Waals surface area contributed by atoms with Crippen molar-refractivity contribution >= 4 is 5.88 Å². The lowest BCUT2D eigenvalue weighted by molar-refractivity contribution is -0.402. The summed E-state index contributed by atoms with van der Waals surface area (Å²) in [4.78, 5) is 9.79. The fourth-order valence-electron chi connectivity index (χ4n) is 1.22. The summed E-state index contributed by atoms with van der Waals surface area (Å²) in [5.41, 5.74) is 0.224. The van der Waals surface area contributed by atoms with E-state index in [-0.39, 0.29) is 11.4 Å². The van der Waals surface area contributed by atoms with Crippen LogP contribution in [0, 0.1) is 10.1 Å². The van der Waals surface area contributed by atoms with Crippen molar-refractivity contribution in [2.24, 2.45) is 0 Å². The summed E-state index contributed by atoms with van der Waals surface area (Å²) in [7, 11) is 0. The van der Waals surface area contributed by atoms with E-state index >= 15 is 0 Å². The second-order valence-corrected chi connectivity index (χ2v) is 3.91. The zero-order chi connectivity index (χ0) is 10.2. The van der Waals surface area contributed by atoms with E-state index in [1.165, 1.54) is 6.07 Å². The topological polar surface area (TPSA) is 68.3 Å². The maximum atomic E-state index is 10.3. The Morgan fingerprint density at radius 1 is 1.64 bits per heavy atom. The predicted octanol–water partition coefficient (Wildman–Crippen LogP) is 1.83. The molecule has 5 nitrogen and oxygen atoms in total. The third-order valence-electron chi connectivity index (χ3n) is 2.52. The molecule has 5 heteroatoms. The second kappa shape index (κ2) is 3.09. The van der Waals surface area contributed by atoms with Crippen LogP contribution in [0.2, 0.25) is 0 Å². The van der Waals surface area contributed by atoms with Gasteiger partial charge in [0.1, 0.15) is 10.7 Å². The van der Waals surface area contributed by atoms with Gasteiger partial charge in [0, 0.05) is 5.54 Å². The molecule has 0 radical (unpaired) electrons. The van der Waals surface area contributed by atoms with Crippen molar-refractivity contribution < 1.29 is 9.34 Å². The Bertz CT molecular complexity index is 355. The van der Waals surface area contributed by atoms with Crippen LogP contribution in [0.3, 0.4) is 0 Å². The summed E-state index contributed by atoms with van der Waals surface area (Å²) >= 11 is 0. The van der Waals surface area contributed by atoms with Gasteiger partial charge in [0.05, 0.1) is 12.6 Å². The number of hydrogen-bond donors (Lipinski definition) is 1. The van der Waals surface area contributed by atoms with E-state index in [9.17, 15) is 10.1 Å². The van der Waals surface area contributed by atoms with Gasteiger partial charge in [-0.3, -0.25) is 10.1 Å². The quantitative estimate of drug-likeness (QED) is 0.589. The Balaban J connectivity index is 1.93. The van der Waals surface area contributed by atoms with Crippen molar-refractivity contribution in [3.05, 3.63) is 28.0 Å². The summed E-state index contributed by atoms with van der Waals surface area (Å²) in [6.07, 6.45) is 2.33. The van der Waals surface area contributed by atoms with Crippen LogP contribution in [0.15, 0.2) is 16.5 Å². The SMILES string of the molecule is CC1(NCc2ccc([N+](=O)[O-])o2)CC1. The maximum absolute atomic E-state index is 10.3.